The Morgan fingerprint density at radius 1 is 1.04 bits per heavy atom. The van der Waals surface area contributed by atoms with Gasteiger partial charge in [-0.2, -0.15) is 13.2 Å². The van der Waals surface area contributed by atoms with Crippen LogP contribution in [0.15, 0.2) is 48.5 Å². The number of nitrogens with two attached hydrogens (primary N) is 2. The molecule has 23 heavy (non-hydrogen) atoms. The Morgan fingerprint density at radius 3 is 2.61 bits per heavy atom. The van der Waals surface area contributed by atoms with E-state index >= 15 is 0 Å². The van der Waals surface area contributed by atoms with Crippen LogP contribution in [0.2, 0.25) is 0 Å². The van der Waals surface area contributed by atoms with Crippen LogP contribution in [-0.4, -0.2) is 13.1 Å². The lowest BCUT2D eigenvalue weighted by Crippen LogP contribution is -2.95. The first kappa shape index (κ1) is 16.0. The Bertz CT molecular complexity index is 667. The van der Waals surface area contributed by atoms with E-state index < -0.39 is 11.7 Å². The summed E-state index contributed by atoms with van der Waals surface area (Å²) < 4.78 is 39.0. The van der Waals surface area contributed by atoms with E-state index in [2.05, 4.69) is 17.4 Å². The number of halogens is 3. The molecular weight excluding hydrogens is 301 g/mol. The molecule has 4 N–H and O–H groups in total. The average molecular weight is 322 g/mol. The first-order valence-corrected chi connectivity index (χ1v) is 7.93. The second kappa shape index (κ2) is 6.72. The SMILES string of the molecule is FC(F)(F)c1ccccc1C[NH2+]C[C@H]1[NH2+]CCc2ccccc21. The van der Waals surface area contributed by atoms with Gasteiger partial charge in [0.15, 0.2) is 6.04 Å². The molecule has 0 saturated heterocycles. The van der Waals surface area contributed by atoms with Gasteiger partial charge in [0.05, 0.1) is 12.1 Å². The number of rotatable bonds is 4. The highest BCUT2D eigenvalue weighted by molar-refractivity contribution is 5.30. The molecule has 2 aromatic rings. The largest absolute Gasteiger partial charge is 0.416 e. The van der Waals surface area contributed by atoms with Crippen LogP contribution in [0.25, 0.3) is 0 Å². The van der Waals surface area contributed by atoms with Gasteiger partial charge in [-0.15, -0.1) is 0 Å². The summed E-state index contributed by atoms with van der Waals surface area (Å²) in [4.78, 5) is 0. The summed E-state index contributed by atoms with van der Waals surface area (Å²) in [6.45, 7) is 2.17. The van der Waals surface area contributed by atoms with Gasteiger partial charge in [-0.05, 0) is 11.6 Å². The molecule has 1 aliphatic rings. The molecule has 0 aliphatic carbocycles. The number of hydrogen-bond acceptors (Lipinski definition) is 0. The zero-order chi connectivity index (χ0) is 16.3. The van der Waals surface area contributed by atoms with Crippen LogP contribution in [0.1, 0.15) is 28.3 Å². The van der Waals surface area contributed by atoms with Crippen LogP contribution in [0.3, 0.4) is 0 Å². The molecule has 2 nitrogen and oxygen atoms in total. The first-order chi connectivity index (χ1) is 11.1. The summed E-state index contributed by atoms with van der Waals surface area (Å²) in [6.07, 6.45) is -3.22. The maximum atomic E-state index is 13.0. The van der Waals surface area contributed by atoms with Crippen molar-refractivity contribution >= 4 is 0 Å². The van der Waals surface area contributed by atoms with Gasteiger partial charge in [-0.25, -0.2) is 0 Å². The standard InChI is InChI=1S/C18H19F3N2/c19-18(20,21)16-8-4-2-6-14(16)11-22-12-17-15-7-3-1-5-13(15)9-10-23-17/h1-8,17,22-23H,9-12H2/p+2/t17-/m1/s1. The van der Waals surface area contributed by atoms with Crippen LogP contribution in [-0.2, 0) is 19.1 Å². The van der Waals surface area contributed by atoms with Gasteiger partial charge >= 0.3 is 6.18 Å². The summed E-state index contributed by atoms with van der Waals surface area (Å²) in [5.41, 5.74) is 2.51. The van der Waals surface area contributed by atoms with Gasteiger partial charge in [0, 0.05) is 17.5 Å². The Hall–Kier alpha value is -1.85. The molecule has 3 rings (SSSR count). The van der Waals surface area contributed by atoms with Crippen molar-refractivity contribution in [2.24, 2.45) is 0 Å². The molecule has 1 aliphatic heterocycles. The normalized spacial score (nSPS) is 17.8. The Balaban J connectivity index is 1.65. The van der Waals surface area contributed by atoms with Gasteiger partial charge in [0.1, 0.15) is 13.1 Å². The summed E-state index contributed by atoms with van der Waals surface area (Å²) >= 11 is 0. The maximum Gasteiger partial charge on any atom is 0.416 e. The van der Waals surface area contributed by atoms with Crippen molar-refractivity contribution < 1.29 is 23.8 Å². The van der Waals surface area contributed by atoms with Crippen LogP contribution < -0.4 is 10.6 Å². The molecule has 0 fully saturated rings. The third-order valence-corrected chi connectivity index (χ3v) is 4.43. The van der Waals surface area contributed by atoms with E-state index in [1.165, 1.54) is 17.2 Å². The molecule has 0 saturated carbocycles. The Labute approximate surface area is 133 Å². The molecule has 0 bridgehead atoms. The molecule has 0 spiro atoms. The molecule has 1 heterocycles. The Morgan fingerprint density at radius 2 is 1.78 bits per heavy atom. The van der Waals surface area contributed by atoms with E-state index in [0.29, 0.717) is 18.2 Å². The third-order valence-electron chi connectivity index (χ3n) is 4.43. The summed E-state index contributed by atoms with van der Waals surface area (Å²) in [5, 5.41) is 4.27. The number of fused-ring (bicyclic) bond motifs is 1. The first-order valence-electron chi connectivity index (χ1n) is 7.93. The van der Waals surface area contributed by atoms with Gasteiger partial charge in [-0.1, -0.05) is 42.5 Å². The van der Waals surface area contributed by atoms with Gasteiger partial charge in [-0.3, -0.25) is 0 Å². The third kappa shape index (κ3) is 3.74. The number of quaternary nitrogens is 2. The molecule has 0 radical (unpaired) electrons. The molecule has 2 aromatic carbocycles. The fourth-order valence-corrected chi connectivity index (χ4v) is 3.31. The molecule has 0 aromatic heterocycles. The van der Waals surface area contributed by atoms with Crippen molar-refractivity contribution in [3.63, 3.8) is 0 Å². The van der Waals surface area contributed by atoms with Gasteiger partial charge in [0.2, 0.25) is 0 Å². The summed E-state index contributed by atoms with van der Waals surface area (Å²) in [5.74, 6) is 0. The van der Waals surface area contributed by atoms with Crippen molar-refractivity contribution in [1.82, 2.24) is 0 Å². The number of benzene rings is 2. The monoisotopic (exact) mass is 322 g/mol. The minimum Gasteiger partial charge on any atom is -0.337 e. The van der Waals surface area contributed by atoms with E-state index in [0.717, 1.165) is 25.6 Å². The van der Waals surface area contributed by atoms with E-state index in [9.17, 15) is 13.2 Å². The van der Waals surface area contributed by atoms with Crippen molar-refractivity contribution in [2.75, 3.05) is 13.1 Å². The highest BCUT2D eigenvalue weighted by atomic mass is 19.4. The fraction of sp³-hybridized carbons (Fsp3) is 0.333. The quantitative estimate of drug-likeness (QED) is 0.858. The predicted octanol–water partition coefficient (Wildman–Crippen LogP) is 1.63. The highest BCUT2D eigenvalue weighted by Crippen LogP contribution is 2.31. The van der Waals surface area contributed by atoms with E-state index in [1.54, 1.807) is 12.1 Å². The van der Waals surface area contributed by atoms with Crippen molar-refractivity contribution in [3.8, 4) is 0 Å². The molecule has 1 atom stereocenters. The smallest absolute Gasteiger partial charge is 0.337 e. The second-order valence-corrected chi connectivity index (χ2v) is 5.96. The van der Waals surface area contributed by atoms with Crippen LogP contribution in [0.5, 0.6) is 0 Å². The number of alkyl halides is 3. The van der Waals surface area contributed by atoms with Crippen LogP contribution >= 0.6 is 0 Å². The predicted molar refractivity (Wildman–Crippen MR) is 81.6 cm³/mol. The lowest BCUT2D eigenvalue weighted by Gasteiger charge is -2.22. The van der Waals surface area contributed by atoms with E-state index in [4.69, 9.17) is 0 Å². The number of hydrogen-bond donors (Lipinski definition) is 2. The van der Waals surface area contributed by atoms with Gasteiger partial charge in [0.25, 0.3) is 0 Å². The van der Waals surface area contributed by atoms with Crippen LogP contribution in [0, 0.1) is 0 Å². The zero-order valence-corrected chi connectivity index (χ0v) is 12.8. The van der Waals surface area contributed by atoms with Gasteiger partial charge < -0.3 is 10.6 Å². The van der Waals surface area contributed by atoms with E-state index in [-0.39, 0.29) is 0 Å². The molecule has 122 valence electrons. The molecule has 0 amide bonds. The molecular formula is C18H21F3N2+2. The Kier molecular flexibility index (Phi) is 4.68. The van der Waals surface area contributed by atoms with E-state index in [1.807, 2.05) is 17.4 Å². The average Bonchev–Trinajstić information content (AvgIpc) is 2.55. The zero-order valence-electron chi connectivity index (χ0n) is 12.8. The van der Waals surface area contributed by atoms with Crippen molar-refractivity contribution in [2.45, 2.75) is 25.2 Å². The summed E-state index contributed by atoms with van der Waals surface area (Å²) in [7, 11) is 0. The maximum absolute atomic E-state index is 13.0. The minimum absolute atomic E-state index is 0.318. The minimum atomic E-state index is -4.28. The fourth-order valence-electron chi connectivity index (χ4n) is 3.31. The summed E-state index contributed by atoms with van der Waals surface area (Å²) in [6, 6.07) is 14.5. The van der Waals surface area contributed by atoms with Crippen molar-refractivity contribution in [1.29, 1.82) is 0 Å². The highest BCUT2D eigenvalue weighted by Gasteiger charge is 2.33. The lowest BCUT2D eigenvalue weighted by atomic mass is 9.94. The van der Waals surface area contributed by atoms with Crippen LogP contribution in [0.4, 0.5) is 13.2 Å². The lowest BCUT2D eigenvalue weighted by molar-refractivity contribution is -0.763. The molecule has 0 unspecified atom stereocenters. The topological polar surface area (TPSA) is 33.2 Å². The second-order valence-electron chi connectivity index (χ2n) is 5.96. The molecule has 5 heteroatoms. The van der Waals surface area contributed by atoms with Crippen molar-refractivity contribution in [3.05, 3.63) is 70.8 Å².